The van der Waals surface area contributed by atoms with Crippen LogP contribution in [0.2, 0.25) is 0 Å². The summed E-state index contributed by atoms with van der Waals surface area (Å²) in [6, 6.07) is 10.5. The molecule has 2 aromatic heterocycles. The van der Waals surface area contributed by atoms with E-state index in [0.717, 1.165) is 36.2 Å². The maximum absolute atomic E-state index is 5.67. The van der Waals surface area contributed by atoms with E-state index in [1.807, 2.05) is 29.1 Å². The first-order valence-corrected chi connectivity index (χ1v) is 11.2. The first-order chi connectivity index (χ1) is 13.3. The van der Waals surface area contributed by atoms with E-state index in [1.54, 1.807) is 22.7 Å². The van der Waals surface area contributed by atoms with Crippen LogP contribution in [-0.4, -0.2) is 30.1 Å². The molecule has 3 heterocycles. The van der Waals surface area contributed by atoms with Crippen LogP contribution in [0.1, 0.15) is 18.4 Å². The van der Waals surface area contributed by atoms with Gasteiger partial charge in [-0.2, -0.15) is 5.10 Å². The number of halogens is 1. The monoisotopic (exact) mass is 461 g/mol. The number of nitrogens with zero attached hydrogens (tertiary/aromatic N) is 3. The zero-order valence-electron chi connectivity index (χ0n) is 14.3. The van der Waals surface area contributed by atoms with Crippen molar-refractivity contribution >= 4 is 44.8 Å². The average Bonchev–Trinajstić information content (AvgIpc) is 3.26. The minimum Gasteiger partial charge on any atom is -0.486 e. The molecule has 1 fully saturated rings. The van der Waals surface area contributed by atoms with Gasteiger partial charge >= 0.3 is 0 Å². The van der Waals surface area contributed by atoms with Crippen LogP contribution < -0.4 is 14.3 Å². The molecule has 0 unspecified atom stereocenters. The first-order valence-electron chi connectivity index (χ1n) is 8.70. The fourth-order valence-corrected chi connectivity index (χ4v) is 5.11. The van der Waals surface area contributed by atoms with Crippen LogP contribution in [0.4, 0.5) is 0 Å². The van der Waals surface area contributed by atoms with Crippen LogP contribution in [0.3, 0.4) is 0 Å². The molecule has 5 nitrogen and oxygen atoms in total. The molecule has 0 radical (unpaired) electrons. The highest BCUT2D eigenvalue weighted by atomic mass is 79.9. The Hall–Kier alpha value is -1.90. The Labute approximate surface area is 172 Å². The summed E-state index contributed by atoms with van der Waals surface area (Å²) in [7, 11) is 0. The molecular formula is C19H16BrN3O2S2. The lowest BCUT2D eigenvalue weighted by Gasteiger charge is -2.18. The van der Waals surface area contributed by atoms with Crippen LogP contribution in [0, 0.1) is 0 Å². The molecule has 1 aromatic carbocycles. The second kappa shape index (κ2) is 7.26. The molecule has 0 amide bonds. The van der Waals surface area contributed by atoms with Crippen molar-refractivity contribution in [2.24, 2.45) is 10.1 Å². The van der Waals surface area contributed by atoms with E-state index in [4.69, 9.17) is 19.6 Å². The van der Waals surface area contributed by atoms with Gasteiger partial charge in [-0.05, 0) is 64.7 Å². The van der Waals surface area contributed by atoms with Crippen molar-refractivity contribution in [3.63, 3.8) is 0 Å². The maximum atomic E-state index is 5.67. The zero-order valence-corrected chi connectivity index (χ0v) is 17.5. The molecule has 1 aliphatic heterocycles. The Balaban J connectivity index is 1.53. The van der Waals surface area contributed by atoms with Crippen LogP contribution in [0.25, 0.3) is 10.6 Å². The first kappa shape index (κ1) is 17.2. The Morgan fingerprint density at radius 1 is 1.11 bits per heavy atom. The Morgan fingerprint density at radius 3 is 2.74 bits per heavy atom. The van der Waals surface area contributed by atoms with Crippen molar-refractivity contribution in [2.75, 3.05) is 13.2 Å². The number of hydrogen-bond donors (Lipinski definition) is 0. The van der Waals surface area contributed by atoms with Gasteiger partial charge in [0.25, 0.3) is 0 Å². The Bertz CT molecular complexity index is 1080. The number of thiazole rings is 1. The largest absolute Gasteiger partial charge is 0.486 e. The van der Waals surface area contributed by atoms with E-state index in [9.17, 15) is 0 Å². The number of fused-ring (bicyclic) bond motifs is 1. The van der Waals surface area contributed by atoms with Crippen LogP contribution in [-0.2, 0) is 0 Å². The number of hydrogen-bond acceptors (Lipinski definition) is 6. The average molecular weight is 462 g/mol. The van der Waals surface area contributed by atoms with Crippen molar-refractivity contribution in [2.45, 2.75) is 18.9 Å². The lowest BCUT2D eigenvalue weighted by atomic mass is 10.2. The summed E-state index contributed by atoms with van der Waals surface area (Å²) in [5.74, 6) is 1.56. The SMILES string of the molecule is Brc1ccc(-c2csc(=NC3CC3)n2N=Cc2ccc3c(c2)OCCO3)s1. The third kappa shape index (κ3) is 3.74. The Morgan fingerprint density at radius 2 is 1.96 bits per heavy atom. The summed E-state index contributed by atoms with van der Waals surface area (Å²) >= 11 is 6.88. The molecule has 1 aliphatic carbocycles. The predicted octanol–water partition coefficient (Wildman–Crippen LogP) is 4.76. The van der Waals surface area contributed by atoms with Crippen molar-refractivity contribution in [3.8, 4) is 22.1 Å². The molecule has 0 spiro atoms. The van der Waals surface area contributed by atoms with Gasteiger partial charge in [-0.15, -0.1) is 22.7 Å². The number of ether oxygens (including phenoxy) is 2. The zero-order chi connectivity index (χ0) is 18.2. The minimum absolute atomic E-state index is 0.447. The van der Waals surface area contributed by atoms with Crippen LogP contribution >= 0.6 is 38.6 Å². The number of benzene rings is 1. The van der Waals surface area contributed by atoms with Gasteiger partial charge in [-0.1, -0.05) is 0 Å². The maximum Gasteiger partial charge on any atom is 0.206 e. The summed E-state index contributed by atoms with van der Waals surface area (Å²) in [5.41, 5.74) is 2.03. The summed E-state index contributed by atoms with van der Waals surface area (Å²) < 4.78 is 14.3. The molecule has 0 atom stereocenters. The quantitative estimate of drug-likeness (QED) is 0.525. The molecule has 8 heteroatoms. The third-order valence-electron chi connectivity index (χ3n) is 4.24. The lowest BCUT2D eigenvalue weighted by molar-refractivity contribution is 0.171. The summed E-state index contributed by atoms with van der Waals surface area (Å²) in [6.07, 6.45) is 4.19. The van der Waals surface area contributed by atoms with E-state index in [0.29, 0.717) is 19.3 Å². The molecule has 5 rings (SSSR count). The molecule has 27 heavy (non-hydrogen) atoms. The fraction of sp³-hybridized carbons (Fsp3) is 0.263. The van der Waals surface area contributed by atoms with Gasteiger partial charge in [0.2, 0.25) is 4.80 Å². The number of aromatic nitrogens is 1. The summed E-state index contributed by atoms with van der Waals surface area (Å²) in [4.78, 5) is 6.92. The van der Waals surface area contributed by atoms with Crippen molar-refractivity contribution in [3.05, 3.63) is 49.9 Å². The lowest BCUT2D eigenvalue weighted by Crippen LogP contribution is -2.15. The topological polar surface area (TPSA) is 48.1 Å². The third-order valence-corrected chi connectivity index (χ3v) is 6.72. The highest BCUT2D eigenvalue weighted by Crippen LogP contribution is 2.32. The highest BCUT2D eigenvalue weighted by molar-refractivity contribution is 9.11. The van der Waals surface area contributed by atoms with Gasteiger partial charge < -0.3 is 9.47 Å². The molecule has 1 saturated carbocycles. The van der Waals surface area contributed by atoms with E-state index in [-0.39, 0.29) is 0 Å². The minimum atomic E-state index is 0.447. The van der Waals surface area contributed by atoms with Gasteiger partial charge in [0.05, 0.1) is 26.6 Å². The molecule has 3 aromatic rings. The molecule has 2 aliphatic rings. The van der Waals surface area contributed by atoms with Gasteiger partial charge in [0.15, 0.2) is 11.5 Å². The van der Waals surface area contributed by atoms with Gasteiger partial charge in [-0.25, -0.2) is 4.68 Å². The van der Waals surface area contributed by atoms with Crippen molar-refractivity contribution in [1.29, 1.82) is 0 Å². The molecular weight excluding hydrogens is 446 g/mol. The van der Waals surface area contributed by atoms with E-state index in [1.165, 1.54) is 12.8 Å². The van der Waals surface area contributed by atoms with Gasteiger partial charge in [0.1, 0.15) is 13.2 Å². The van der Waals surface area contributed by atoms with Crippen LogP contribution in [0.15, 0.2) is 49.6 Å². The smallest absolute Gasteiger partial charge is 0.206 e. The molecule has 138 valence electrons. The second-order valence-electron chi connectivity index (χ2n) is 6.33. The van der Waals surface area contributed by atoms with E-state index in [2.05, 4.69) is 33.4 Å². The van der Waals surface area contributed by atoms with E-state index >= 15 is 0 Å². The Kier molecular flexibility index (Phi) is 4.63. The normalized spacial score (nSPS) is 17.0. The standard InChI is InChI=1S/C19H16BrN3O2S2/c20-18-6-5-17(27-18)14-11-26-19(22-13-2-3-13)23(14)21-10-12-1-4-15-16(9-12)25-8-7-24-15/h1,4-6,9-11,13H,2-3,7-8H2. The van der Waals surface area contributed by atoms with E-state index < -0.39 is 0 Å². The fourth-order valence-electron chi connectivity index (χ4n) is 2.75. The van der Waals surface area contributed by atoms with Gasteiger partial charge in [0, 0.05) is 5.38 Å². The van der Waals surface area contributed by atoms with Gasteiger partial charge in [-0.3, -0.25) is 4.99 Å². The summed E-state index contributed by atoms with van der Waals surface area (Å²) in [5, 5.41) is 6.88. The van der Waals surface area contributed by atoms with Crippen LogP contribution in [0.5, 0.6) is 11.5 Å². The highest BCUT2D eigenvalue weighted by Gasteiger charge is 2.21. The molecule has 0 bridgehead atoms. The second-order valence-corrected chi connectivity index (χ2v) is 9.63. The summed E-state index contributed by atoms with van der Waals surface area (Å²) in [6.45, 7) is 1.17. The molecule has 0 saturated heterocycles. The number of thiophene rings is 1. The van der Waals surface area contributed by atoms with Crippen molar-refractivity contribution < 1.29 is 9.47 Å². The molecule has 0 N–H and O–H groups in total. The number of rotatable bonds is 4. The predicted molar refractivity (Wildman–Crippen MR) is 112 cm³/mol. The van der Waals surface area contributed by atoms with Crippen molar-refractivity contribution in [1.82, 2.24) is 4.68 Å².